The minimum atomic E-state index is 0.118. The largest absolute Gasteiger partial charge is 0.508 e. The van der Waals surface area contributed by atoms with E-state index in [9.17, 15) is 10.2 Å². The van der Waals surface area contributed by atoms with E-state index >= 15 is 0 Å². The molecule has 3 nitrogen and oxygen atoms in total. The summed E-state index contributed by atoms with van der Waals surface area (Å²) in [7, 11) is 1.53. The predicted molar refractivity (Wildman–Crippen MR) is 99.6 cm³/mol. The fraction of sp³-hybridized carbons (Fsp3) is 0.238. The lowest BCUT2D eigenvalue weighted by molar-refractivity contribution is 0.373. The highest BCUT2D eigenvalue weighted by atomic mass is 16.5. The minimum absolute atomic E-state index is 0.118. The van der Waals surface area contributed by atoms with Gasteiger partial charge in [-0.1, -0.05) is 29.9 Å². The van der Waals surface area contributed by atoms with E-state index in [1.165, 1.54) is 18.2 Å². The third-order valence-corrected chi connectivity index (χ3v) is 3.87. The molecule has 0 fully saturated rings. The Morgan fingerprint density at radius 2 is 1.83 bits per heavy atom. The molecule has 0 amide bonds. The molecule has 2 aromatic carbocycles. The van der Waals surface area contributed by atoms with Gasteiger partial charge in [0.2, 0.25) is 0 Å². The van der Waals surface area contributed by atoms with Gasteiger partial charge in [0.05, 0.1) is 7.11 Å². The van der Waals surface area contributed by atoms with Gasteiger partial charge < -0.3 is 14.9 Å². The standard InChI is InChI=1S/C21H24O3/c1-14(2)5-9-19-15(3)11-18(22)13-17(19)8-6-16-7-10-20(23)21(12-16)24-4/h5-8,10-13,22-23H,9H2,1-4H3/b8-6+. The Morgan fingerprint density at radius 3 is 2.50 bits per heavy atom. The van der Waals surface area contributed by atoms with Crippen LogP contribution in [0.25, 0.3) is 12.2 Å². The summed E-state index contributed by atoms with van der Waals surface area (Å²) >= 11 is 0. The van der Waals surface area contributed by atoms with Crippen molar-refractivity contribution in [1.82, 2.24) is 0 Å². The van der Waals surface area contributed by atoms with Crippen molar-refractivity contribution in [3.05, 3.63) is 64.2 Å². The highest BCUT2D eigenvalue weighted by molar-refractivity contribution is 5.73. The Kier molecular flexibility index (Phi) is 5.69. The molecular weight excluding hydrogens is 300 g/mol. The van der Waals surface area contributed by atoms with Crippen LogP contribution in [-0.4, -0.2) is 17.3 Å². The van der Waals surface area contributed by atoms with Gasteiger partial charge in [-0.3, -0.25) is 0 Å². The van der Waals surface area contributed by atoms with E-state index in [0.29, 0.717) is 5.75 Å². The Labute approximate surface area is 143 Å². The van der Waals surface area contributed by atoms with Crippen LogP contribution in [0.3, 0.4) is 0 Å². The van der Waals surface area contributed by atoms with Gasteiger partial charge in [-0.15, -0.1) is 0 Å². The molecule has 0 aromatic heterocycles. The number of benzene rings is 2. The highest BCUT2D eigenvalue weighted by Crippen LogP contribution is 2.28. The second-order valence-electron chi connectivity index (χ2n) is 6.08. The fourth-order valence-electron chi connectivity index (χ4n) is 2.54. The average Bonchev–Trinajstić information content (AvgIpc) is 2.52. The van der Waals surface area contributed by atoms with Crippen molar-refractivity contribution in [2.75, 3.05) is 7.11 Å². The molecule has 2 aromatic rings. The van der Waals surface area contributed by atoms with E-state index in [1.807, 2.05) is 25.1 Å². The van der Waals surface area contributed by atoms with Gasteiger partial charge in [0.15, 0.2) is 11.5 Å². The van der Waals surface area contributed by atoms with Crippen molar-refractivity contribution in [1.29, 1.82) is 0 Å². The predicted octanol–water partition coefficient (Wildman–Crippen LogP) is 5.09. The second kappa shape index (κ2) is 7.73. The van der Waals surface area contributed by atoms with Crippen molar-refractivity contribution >= 4 is 12.2 Å². The monoisotopic (exact) mass is 324 g/mol. The summed E-state index contributed by atoms with van der Waals surface area (Å²) in [6, 6.07) is 8.76. The molecule has 24 heavy (non-hydrogen) atoms. The summed E-state index contributed by atoms with van der Waals surface area (Å²) < 4.78 is 5.13. The van der Waals surface area contributed by atoms with Crippen LogP contribution in [0.5, 0.6) is 17.2 Å². The molecule has 0 unspecified atom stereocenters. The molecule has 0 radical (unpaired) electrons. The average molecular weight is 324 g/mol. The highest BCUT2D eigenvalue weighted by Gasteiger charge is 2.06. The van der Waals surface area contributed by atoms with E-state index in [1.54, 1.807) is 24.3 Å². The quantitative estimate of drug-likeness (QED) is 0.594. The van der Waals surface area contributed by atoms with Crippen molar-refractivity contribution in [2.45, 2.75) is 27.2 Å². The molecule has 0 aliphatic rings. The van der Waals surface area contributed by atoms with Crippen molar-refractivity contribution in [2.24, 2.45) is 0 Å². The smallest absolute Gasteiger partial charge is 0.161 e. The van der Waals surface area contributed by atoms with Crippen LogP contribution in [-0.2, 0) is 6.42 Å². The summed E-state index contributed by atoms with van der Waals surface area (Å²) in [4.78, 5) is 0. The van der Waals surface area contributed by atoms with Gasteiger partial charge in [0, 0.05) is 0 Å². The molecule has 0 saturated carbocycles. The zero-order valence-corrected chi connectivity index (χ0v) is 14.6. The first-order valence-corrected chi connectivity index (χ1v) is 7.91. The van der Waals surface area contributed by atoms with Crippen LogP contribution in [0.2, 0.25) is 0 Å². The molecule has 0 heterocycles. The first-order chi connectivity index (χ1) is 11.4. The summed E-state index contributed by atoms with van der Waals surface area (Å²) in [5, 5.41) is 19.6. The molecule has 0 atom stereocenters. The third-order valence-electron chi connectivity index (χ3n) is 3.87. The minimum Gasteiger partial charge on any atom is -0.508 e. The summed E-state index contributed by atoms with van der Waals surface area (Å²) in [5.74, 6) is 0.817. The zero-order valence-electron chi connectivity index (χ0n) is 14.6. The van der Waals surface area contributed by atoms with Gasteiger partial charge in [-0.05, 0) is 73.7 Å². The first-order valence-electron chi connectivity index (χ1n) is 7.91. The topological polar surface area (TPSA) is 49.7 Å². The Hall–Kier alpha value is -2.68. The Morgan fingerprint density at radius 1 is 1.08 bits per heavy atom. The number of phenolic OH excluding ortho intramolecular Hbond substituents is 2. The van der Waals surface area contributed by atoms with Crippen molar-refractivity contribution < 1.29 is 14.9 Å². The Bertz CT molecular complexity index is 782. The lowest BCUT2D eigenvalue weighted by Gasteiger charge is -2.10. The number of phenols is 2. The maximum absolute atomic E-state index is 9.91. The second-order valence-corrected chi connectivity index (χ2v) is 6.08. The van der Waals surface area contributed by atoms with E-state index < -0.39 is 0 Å². The van der Waals surface area contributed by atoms with Crippen molar-refractivity contribution in [3.63, 3.8) is 0 Å². The molecule has 0 spiro atoms. The number of allylic oxidation sites excluding steroid dienone is 2. The lowest BCUT2D eigenvalue weighted by atomic mass is 9.96. The molecule has 3 heteroatoms. The van der Waals surface area contributed by atoms with Crippen LogP contribution in [0.15, 0.2) is 42.0 Å². The van der Waals surface area contributed by atoms with Gasteiger partial charge in [0.1, 0.15) is 5.75 Å². The number of aromatic hydroxyl groups is 2. The number of hydrogen-bond donors (Lipinski definition) is 2. The molecule has 0 aliphatic heterocycles. The van der Waals surface area contributed by atoms with Gasteiger partial charge in [0.25, 0.3) is 0 Å². The molecule has 0 saturated heterocycles. The van der Waals surface area contributed by atoms with Gasteiger partial charge >= 0.3 is 0 Å². The van der Waals surface area contributed by atoms with Crippen LogP contribution >= 0.6 is 0 Å². The summed E-state index contributed by atoms with van der Waals surface area (Å²) in [5.41, 5.74) is 5.42. The maximum atomic E-state index is 9.91. The molecular formula is C21H24O3. The molecule has 2 rings (SSSR count). The van der Waals surface area contributed by atoms with Gasteiger partial charge in [-0.25, -0.2) is 0 Å². The van der Waals surface area contributed by atoms with Crippen LogP contribution in [0, 0.1) is 6.92 Å². The van der Waals surface area contributed by atoms with Crippen LogP contribution < -0.4 is 4.74 Å². The summed E-state index contributed by atoms with van der Waals surface area (Å²) in [6.45, 7) is 6.16. The first kappa shape index (κ1) is 17.7. The van der Waals surface area contributed by atoms with E-state index in [2.05, 4.69) is 19.9 Å². The van der Waals surface area contributed by atoms with E-state index in [4.69, 9.17) is 4.74 Å². The third kappa shape index (κ3) is 4.42. The van der Waals surface area contributed by atoms with E-state index in [0.717, 1.165) is 23.1 Å². The van der Waals surface area contributed by atoms with Crippen LogP contribution in [0.1, 0.15) is 36.1 Å². The normalized spacial score (nSPS) is 10.8. The molecule has 0 bridgehead atoms. The number of hydrogen-bond acceptors (Lipinski definition) is 3. The maximum Gasteiger partial charge on any atom is 0.161 e. The fourth-order valence-corrected chi connectivity index (χ4v) is 2.54. The zero-order chi connectivity index (χ0) is 17.7. The number of rotatable bonds is 5. The van der Waals surface area contributed by atoms with E-state index in [-0.39, 0.29) is 11.5 Å². The lowest BCUT2D eigenvalue weighted by Crippen LogP contribution is -1.93. The number of aryl methyl sites for hydroxylation is 1. The van der Waals surface area contributed by atoms with Crippen LogP contribution in [0.4, 0.5) is 0 Å². The number of ether oxygens (including phenoxy) is 1. The SMILES string of the molecule is COc1cc(/C=C/c2cc(O)cc(C)c2CC=C(C)C)ccc1O. The number of methoxy groups -OCH3 is 1. The molecule has 2 N–H and O–H groups in total. The van der Waals surface area contributed by atoms with Gasteiger partial charge in [-0.2, -0.15) is 0 Å². The summed E-state index contributed by atoms with van der Waals surface area (Å²) in [6.07, 6.45) is 6.93. The molecule has 0 aliphatic carbocycles. The molecule has 126 valence electrons. The van der Waals surface area contributed by atoms with Crippen molar-refractivity contribution in [3.8, 4) is 17.2 Å². The Balaban J connectivity index is 2.39.